The predicted molar refractivity (Wildman–Crippen MR) is 180 cm³/mol. The molecule has 218 valence electrons. The second-order valence-corrected chi connectivity index (χ2v) is 11.1. The number of para-hydroxylation sites is 1. The van der Waals surface area contributed by atoms with E-state index in [1.54, 1.807) is 0 Å². The molecule has 3 aromatic carbocycles. The van der Waals surface area contributed by atoms with E-state index in [9.17, 15) is 0 Å². The third-order valence-corrected chi connectivity index (χ3v) is 8.53. The van der Waals surface area contributed by atoms with Crippen LogP contribution in [0.15, 0.2) is 109 Å². The first kappa shape index (κ1) is 28.5. The van der Waals surface area contributed by atoms with Gasteiger partial charge in [0.1, 0.15) is 11.5 Å². The Labute approximate surface area is 259 Å². The lowest BCUT2D eigenvalue weighted by atomic mass is 9.96. The standard InChI is InChI=1S/C36H37N5OS/c1-5-39(6-2)27-15-17-28(18-16-27)40-25(3)24-32(26(40)4)35-34(33-14-10-11-23-37-33)38-36(43)41(35)29-19-21-31(22-20-29)42-30-12-8-7-9-13-30/h7-24,34-35H,5-6H2,1-4H3,(H,38,43)/t34-,35+/m0/s1. The van der Waals surface area contributed by atoms with E-state index in [4.69, 9.17) is 21.9 Å². The van der Waals surface area contributed by atoms with Crippen molar-refractivity contribution in [3.63, 3.8) is 0 Å². The van der Waals surface area contributed by atoms with E-state index in [-0.39, 0.29) is 12.1 Å². The molecule has 6 nitrogen and oxygen atoms in total. The van der Waals surface area contributed by atoms with Crippen molar-refractivity contribution >= 4 is 28.7 Å². The normalized spacial score (nSPS) is 16.3. The van der Waals surface area contributed by atoms with Crippen molar-refractivity contribution in [2.45, 2.75) is 39.8 Å². The maximum Gasteiger partial charge on any atom is 0.174 e. The van der Waals surface area contributed by atoms with Gasteiger partial charge in [0.2, 0.25) is 0 Å². The molecule has 0 amide bonds. The van der Waals surface area contributed by atoms with Crippen molar-refractivity contribution in [1.82, 2.24) is 14.9 Å². The molecule has 0 spiro atoms. The quantitative estimate of drug-likeness (QED) is 0.175. The summed E-state index contributed by atoms with van der Waals surface area (Å²) >= 11 is 6.00. The smallest absolute Gasteiger partial charge is 0.174 e. The van der Waals surface area contributed by atoms with Gasteiger partial charge in [-0.25, -0.2) is 0 Å². The van der Waals surface area contributed by atoms with E-state index in [1.807, 2.05) is 60.8 Å². The van der Waals surface area contributed by atoms with Crippen LogP contribution in [0.25, 0.3) is 5.69 Å². The number of thiocarbonyl (C=S) groups is 1. The second-order valence-electron chi connectivity index (χ2n) is 10.8. The predicted octanol–water partition coefficient (Wildman–Crippen LogP) is 8.30. The number of aryl methyl sites for hydroxylation is 1. The van der Waals surface area contributed by atoms with Gasteiger partial charge in [0.15, 0.2) is 5.11 Å². The van der Waals surface area contributed by atoms with Crippen molar-refractivity contribution in [2.24, 2.45) is 0 Å². The number of aromatic nitrogens is 2. The average molecular weight is 588 g/mol. The fraction of sp³-hybridized carbons (Fsp3) is 0.222. The molecule has 1 aliphatic rings. The van der Waals surface area contributed by atoms with Crippen LogP contribution in [0.3, 0.4) is 0 Å². The summed E-state index contributed by atoms with van der Waals surface area (Å²) in [5.41, 5.74) is 7.89. The zero-order chi connectivity index (χ0) is 29.9. The van der Waals surface area contributed by atoms with Crippen LogP contribution in [0.2, 0.25) is 0 Å². The van der Waals surface area contributed by atoms with E-state index in [2.05, 4.69) is 95.9 Å². The number of anilines is 2. The lowest BCUT2D eigenvalue weighted by Gasteiger charge is -2.28. The summed E-state index contributed by atoms with van der Waals surface area (Å²) in [5, 5.41) is 4.27. The highest BCUT2D eigenvalue weighted by atomic mass is 32.1. The first-order chi connectivity index (χ1) is 21.0. The van der Waals surface area contributed by atoms with E-state index >= 15 is 0 Å². The number of nitrogens with one attached hydrogen (secondary N) is 1. The molecule has 0 unspecified atom stereocenters. The third kappa shape index (κ3) is 5.60. The highest BCUT2D eigenvalue weighted by Gasteiger charge is 2.42. The molecule has 43 heavy (non-hydrogen) atoms. The van der Waals surface area contributed by atoms with Gasteiger partial charge < -0.3 is 24.4 Å². The summed E-state index contributed by atoms with van der Waals surface area (Å²) in [6.45, 7) is 10.7. The van der Waals surface area contributed by atoms with Crippen LogP contribution in [0.5, 0.6) is 11.5 Å². The van der Waals surface area contributed by atoms with Crippen LogP contribution in [0.4, 0.5) is 11.4 Å². The van der Waals surface area contributed by atoms with Gasteiger partial charge in [-0.3, -0.25) is 4.98 Å². The van der Waals surface area contributed by atoms with Crippen molar-refractivity contribution in [2.75, 3.05) is 22.9 Å². The van der Waals surface area contributed by atoms with Gasteiger partial charge >= 0.3 is 0 Å². The summed E-state index contributed by atoms with van der Waals surface area (Å²) in [7, 11) is 0. The highest BCUT2D eigenvalue weighted by molar-refractivity contribution is 7.80. The molecule has 1 fully saturated rings. The summed E-state index contributed by atoms with van der Waals surface area (Å²) in [5.74, 6) is 1.58. The minimum atomic E-state index is -0.118. The Morgan fingerprint density at radius 1 is 0.814 bits per heavy atom. The largest absolute Gasteiger partial charge is 0.457 e. The van der Waals surface area contributed by atoms with Crippen molar-refractivity contribution in [1.29, 1.82) is 0 Å². The lowest BCUT2D eigenvalue weighted by molar-refractivity contribution is 0.482. The van der Waals surface area contributed by atoms with Crippen LogP contribution < -0.4 is 19.9 Å². The zero-order valence-electron chi connectivity index (χ0n) is 25.1. The minimum absolute atomic E-state index is 0.0989. The third-order valence-electron chi connectivity index (χ3n) is 8.22. The van der Waals surface area contributed by atoms with Gasteiger partial charge in [-0.1, -0.05) is 24.3 Å². The van der Waals surface area contributed by atoms with Crippen molar-refractivity contribution in [3.8, 4) is 17.2 Å². The van der Waals surface area contributed by atoms with Crippen LogP contribution in [0.1, 0.15) is 48.6 Å². The Kier molecular flexibility index (Phi) is 8.16. The highest BCUT2D eigenvalue weighted by Crippen LogP contribution is 2.44. The van der Waals surface area contributed by atoms with E-state index in [0.29, 0.717) is 5.11 Å². The molecule has 1 aliphatic heterocycles. The Balaban J connectivity index is 1.39. The molecule has 5 aromatic rings. The van der Waals surface area contributed by atoms with Gasteiger partial charge in [0.25, 0.3) is 0 Å². The molecular weight excluding hydrogens is 550 g/mol. The summed E-state index contributed by atoms with van der Waals surface area (Å²) < 4.78 is 8.41. The Bertz CT molecular complexity index is 1680. The monoisotopic (exact) mass is 587 g/mol. The van der Waals surface area contributed by atoms with Crippen molar-refractivity contribution < 1.29 is 4.74 Å². The van der Waals surface area contributed by atoms with Crippen LogP contribution in [-0.4, -0.2) is 27.8 Å². The molecule has 0 aliphatic carbocycles. The SMILES string of the molecule is CCN(CC)c1ccc(-n2c(C)cc([C@@H]3[C@H](c4ccccn4)NC(=S)N3c3ccc(Oc4ccccc4)cc3)c2C)cc1. The zero-order valence-corrected chi connectivity index (χ0v) is 25.9. The molecule has 0 saturated carbocycles. The van der Waals surface area contributed by atoms with Crippen LogP contribution in [-0.2, 0) is 0 Å². The molecule has 6 rings (SSSR count). The summed E-state index contributed by atoms with van der Waals surface area (Å²) in [4.78, 5) is 9.32. The number of ether oxygens (including phenoxy) is 1. The second kappa shape index (κ2) is 12.3. The fourth-order valence-corrected chi connectivity index (χ4v) is 6.48. The first-order valence-electron chi connectivity index (χ1n) is 14.9. The number of pyridine rings is 1. The maximum absolute atomic E-state index is 6.07. The van der Waals surface area contributed by atoms with Crippen molar-refractivity contribution in [3.05, 3.63) is 132 Å². The lowest BCUT2D eigenvalue weighted by Crippen LogP contribution is -2.29. The number of rotatable bonds is 9. The Hall–Kier alpha value is -4.62. The van der Waals surface area contributed by atoms with E-state index < -0.39 is 0 Å². The number of nitrogens with zero attached hydrogens (tertiary/aromatic N) is 4. The van der Waals surface area contributed by atoms with Gasteiger partial charge in [-0.05, 0) is 124 Å². The molecule has 2 atom stereocenters. The summed E-state index contributed by atoms with van der Waals surface area (Å²) in [6, 6.07) is 35.0. The molecule has 7 heteroatoms. The average Bonchev–Trinajstić information content (AvgIpc) is 3.54. The molecule has 0 bridgehead atoms. The fourth-order valence-electron chi connectivity index (χ4n) is 6.13. The van der Waals surface area contributed by atoms with Gasteiger partial charge in [0.05, 0.1) is 17.8 Å². The first-order valence-corrected chi connectivity index (χ1v) is 15.3. The molecule has 1 saturated heterocycles. The summed E-state index contributed by atoms with van der Waals surface area (Å²) in [6.07, 6.45) is 1.84. The van der Waals surface area contributed by atoms with Gasteiger partial charge in [0, 0.05) is 47.7 Å². The molecule has 2 aromatic heterocycles. The number of hydrogen-bond donors (Lipinski definition) is 1. The Morgan fingerprint density at radius 3 is 2.12 bits per heavy atom. The topological polar surface area (TPSA) is 45.6 Å². The molecule has 0 radical (unpaired) electrons. The number of benzene rings is 3. The van der Waals surface area contributed by atoms with E-state index in [1.165, 1.54) is 22.6 Å². The van der Waals surface area contributed by atoms with Crippen LogP contribution >= 0.6 is 12.2 Å². The van der Waals surface area contributed by atoms with E-state index in [0.717, 1.165) is 41.7 Å². The number of hydrogen-bond acceptors (Lipinski definition) is 4. The minimum Gasteiger partial charge on any atom is -0.457 e. The molecule has 1 N–H and O–H groups in total. The van der Waals surface area contributed by atoms with Gasteiger partial charge in [-0.15, -0.1) is 0 Å². The van der Waals surface area contributed by atoms with Gasteiger partial charge in [-0.2, -0.15) is 0 Å². The maximum atomic E-state index is 6.07. The molecule has 3 heterocycles. The molecular formula is C36H37N5OS. The van der Waals surface area contributed by atoms with Crippen LogP contribution in [0, 0.1) is 13.8 Å². The Morgan fingerprint density at radius 2 is 1.47 bits per heavy atom.